The Kier molecular flexibility index (Phi) is 4.11. The predicted molar refractivity (Wildman–Crippen MR) is 71.1 cm³/mol. The summed E-state index contributed by atoms with van der Waals surface area (Å²) in [5.41, 5.74) is 1.57. The number of carbonyl (C=O) groups is 1. The maximum absolute atomic E-state index is 11.9. The van der Waals surface area contributed by atoms with Gasteiger partial charge in [0, 0.05) is 5.56 Å². The lowest BCUT2D eigenvalue weighted by Gasteiger charge is -2.20. The summed E-state index contributed by atoms with van der Waals surface area (Å²) in [6.45, 7) is 7.31. The third-order valence-corrected chi connectivity index (χ3v) is 2.20. The van der Waals surface area contributed by atoms with Crippen LogP contribution in [0.5, 0.6) is 0 Å². The SMILES string of the molecule is Cc1cc(/C=[N+](\C)[O-])ccc1C(=O)OC(C)(C)C. The highest BCUT2D eigenvalue weighted by Crippen LogP contribution is 2.16. The smallest absolute Gasteiger partial charge is 0.338 e. The average Bonchev–Trinajstić information content (AvgIpc) is 2.13. The largest absolute Gasteiger partial charge is 0.624 e. The van der Waals surface area contributed by atoms with Gasteiger partial charge in [-0.2, -0.15) is 0 Å². The van der Waals surface area contributed by atoms with Gasteiger partial charge in [0.05, 0.1) is 5.56 Å². The van der Waals surface area contributed by atoms with Crippen molar-refractivity contribution in [3.63, 3.8) is 0 Å². The summed E-state index contributed by atoms with van der Waals surface area (Å²) in [5.74, 6) is -0.345. The van der Waals surface area contributed by atoms with E-state index in [1.807, 2.05) is 27.7 Å². The van der Waals surface area contributed by atoms with Crippen LogP contribution in [0.4, 0.5) is 0 Å². The maximum Gasteiger partial charge on any atom is 0.338 e. The highest BCUT2D eigenvalue weighted by Gasteiger charge is 2.19. The molecule has 0 aliphatic heterocycles. The van der Waals surface area contributed by atoms with E-state index in [2.05, 4.69) is 0 Å². The Balaban J connectivity index is 2.99. The fraction of sp³-hybridized carbons (Fsp3) is 0.429. The standard InChI is InChI=1S/C14H19NO3/c1-10-8-11(9-15(5)17)6-7-12(10)13(16)18-14(2,3)4/h6-9H,1-5H3/b15-9+. The minimum atomic E-state index is -0.510. The molecular weight excluding hydrogens is 230 g/mol. The molecule has 0 fully saturated rings. The number of hydrogen-bond acceptors (Lipinski definition) is 3. The number of esters is 1. The lowest BCUT2D eigenvalue weighted by Crippen LogP contribution is -2.24. The van der Waals surface area contributed by atoms with Crippen molar-refractivity contribution in [3.05, 3.63) is 40.1 Å². The van der Waals surface area contributed by atoms with Crippen molar-refractivity contribution >= 4 is 12.2 Å². The zero-order chi connectivity index (χ0) is 13.9. The van der Waals surface area contributed by atoms with Gasteiger partial charge in [-0.25, -0.2) is 9.53 Å². The Hall–Kier alpha value is -1.84. The number of hydroxylamine groups is 1. The zero-order valence-corrected chi connectivity index (χ0v) is 11.5. The van der Waals surface area contributed by atoms with Gasteiger partial charge in [0.2, 0.25) is 0 Å². The first-order valence-electron chi connectivity index (χ1n) is 5.78. The summed E-state index contributed by atoms with van der Waals surface area (Å²) < 4.78 is 6.03. The second-order valence-electron chi connectivity index (χ2n) is 5.25. The molecule has 0 atom stereocenters. The first-order chi connectivity index (χ1) is 8.19. The summed E-state index contributed by atoms with van der Waals surface area (Å²) in [7, 11) is 1.41. The number of rotatable bonds is 2. The van der Waals surface area contributed by atoms with E-state index in [9.17, 15) is 10.0 Å². The van der Waals surface area contributed by atoms with E-state index in [0.717, 1.165) is 15.9 Å². The molecule has 0 radical (unpaired) electrons. The van der Waals surface area contributed by atoms with Crippen LogP contribution in [0.3, 0.4) is 0 Å². The first kappa shape index (κ1) is 14.2. The van der Waals surface area contributed by atoms with Crippen LogP contribution in [0.25, 0.3) is 0 Å². The number of benzene rings is 1. The van der Waals surface area contributed by atoms with Gasteiger partial charge in [-0.05, 0) is 51.5 Å². The Labute approximate surface area is 107 Å². The van der Waals surface area contributed by atoms with E-state index in [4.69, 9.17) is 4.74 Å². The van der Waals surface area contributed by atoms with E-state index in [0.29, 0.717) is 5.56 Å². The van der Waals surface area contributed by atoms with Crippen LogP contribution in [0, 0.1) is 12.1 Å². The molecule has 0 aliphatic rings. The van der Waals surface area contributed by atoms with E-state index < -0.39 is 5.60 Å². The number of hydrogen-bond donors (Lipinski definition) is 0. The fourth-order valence-corrected chi connectivity index (χ4v) is 1.54. The van der Waals surface area contributed by atoms with Crippen LogP contribution in [0.2, 0.25) is 0 Å². The lowest BCUT2D eigenvalue weighted by atomic mass is 10.1. The Morgan fingerprint density at radius 1 is 1.39 bits per heavy atom. The molecule has 0 N–H and O–H groups in total. The van der Waals surface area contributed by atoms with E-state index >= 15 is 0 Å². The molecule has 0 heterocycles. The second kappa shape index (κ2) is 5.21. The molecule has 18 heavy (non-hydrogen) atoms. The van der Waals surface area contributed by atoms with Gasteiger partial charge in [-0.15, -0.1) is 0 Å². The summed E-state index contributed by atoms with van der Waals surface area (Å²) in [6.07, 6.45) is 1.45. The molecule has 0 saturated heterocycles. The molecule has 0 aliphatic carbocycles. The van der Waals surface area contributed by atoms with Gasteiger partial charge < -0.3 is 9.94 Å². The molecule has 0 unspecified atom stereocenters. The van der Waals surface area contributed by atoms with Gasteiger partial charge >= 0.3 is 5.97 Å². The van der Waals surface area contributed by atoms with Gasteiger partial charge in [0.25, 0.3) is 0 Å². The minimum Gasteiger partial charge on any atom is -0.624 e. The molecular formula is C14H19NO3. The topological polar surface area (TPSA) is 52.4 Å². The second-order valence-corrected chi connectivity index (χ2v) is 5.25. The molecule has 1 rings (SSSR count). The van der Waals surface area contributed by atoms with Crippen molar-refractivity contribution in [2.24, 2.45) is 0 Å². The zero-order valence-electron chi connectivity index (χ0n) is 11.5. The Bertz CT molecular complexity index is 480. The lowest BCUT2D eigenvalue weighted by molar-refractivity contribution is -0.416. The van der Waals surface area contributed by atoms with Crippen LogP contribution >= 0.6 is 0 Å². The van der Waals surface area contributed by atoms with Crippen molar-refractivity contribution in [1.29, 1.82) is 0 Å². The summed E-state index contributed by atoms with van der Waals surface area (Å²) in [6, 6.07) is 5.19. The molecule has 0 aromatic heterocycles. The van der Waals surface area contributed by atoms with Crippen molar-refractivity contribution < 1.29 is 14.3 Å². The summed E-state index contributed by atoms with van der Waals surface area (Å²) in [5, 5.41) is 10.9. The Morgan fingerprint density at radius 2 is 2.00 bits per heavy atom. The molecule has 0 bridgehead atoms. The average molecular weight is 249 g/mol. The maximum atomic E-state index is 11.9. The minimum absolute atomic E-state index is 0.345. The number of carbonyl (C=O) groups excluding carboxylic acids is 1. The molecule has 4 nitrogen and oxygen atoms in total. The fourth-order valence-electron chi connectivity index (χ4n) is 1.54. The van der Waals surface area contributed by atoms with Crippen LogP contribution < -0.4 is 0 Å². The normalized spacial score (nSPS) is 12.4. The highest BCUT2D eigenvalue weighted by molar-refractivity contribution is 5.92. The van der Waals surface area contributed by atoms with Crippen LogP contribution in [-0.2, 0) is 4.74 Å². The van der Waals surface area contributed by atoms with Crippen LogP contribution in [-0.4, -0.2) is 29.6 Å². The quantitative estimate of drug-likeness (QED) is 0.266. The van der Waals surface area contributed by atoms with Gasteiger partial charge in [0.15, 0.2) is 6.21 Å². The Morgan fingerprint density at radius 3 is 2.44 bits per heavy atom. The van der Waals surface area contributed by atoms with Crippen molar-refractivity contribution in [3.8, 4) is 0 Å². The third-order valence-electron chi connectivity index (χ3n) is 2.20. The van der Waals surface area contributed by atoms with Crippen molar-refractivity contribution in [1.82, 2.24) is 0 Å². The van der Waals surface area contributed by atoms with Gasteiger partial charge in [0.1, 0.15) is 12.6 Å². The van der Waals surface area contributed by atoms with Gasteiger partial charge in [-0.3, -0.25) is 0 Å². The first-order valence-corrected chi connectivity index (χ1v) is 5.78. The van der Waals surface area contributed by atoms with Crippen molar-refractivity contribution in [2.75, 3.05) is 7.05 Å². The molecule has 0 amide bonds. The number of ether oxygens (including phenoxy) is 1. The summed E-state index contributed by atoms with van der Waals surface area (Å²) >= 11 is 0. The van der Waals surface area contributed by atoms with E-state index in [1.165, 1.54) is 13.3 Å². The molecule has 1 aromatic rings. The predicted octanol–water partition coefficient (Wildman–Crippen LogP) is 2.51. The molecule has 98 valence electrons. The van der Waals surface area contributed by atoms with Gasteiger partial charge in [-0.1, -0.05) is 0 Å². The molecule has 0 saturated carbocycles. The van der Waals surface area contributed by atoms with Crippen LogP contribution in [0.15, 0.2) is 18.2 Å². The van der Waals surface area contributed by atoms with Crippen molar-refractivity contribution in [2.45, 2.75) is 33.3 Å². The molecule has 4 heteroatoms. The number of aryl methyl sites for hydroxylation is 1. The molecule has 0 spiro atoms. The summed E-state index contributed by atoms with van der Waals surface area (Å²) in [4.78, 5) is 11.9. The van der Waals surface area contributed by atoms with Crippen LogP contribution in [0.1, 0.15) is 42.3 Å². The molecule has 1 aromatic carbocycles. The highest BCUT2D eigenvalue weighted by atomic mass is 16.6. The third kappa shape index (κ3) is 4.20. The monoisotopic (exact) mass is 249 g/mol. The number of nitrogens with zero attached hydrogens (tertiary/aromatic N) is 1. The van der Waals surface area contributed by atoms with E-state index in [-0.39, 0.29) is 5.97 Å². The van der Waals surface area contributed by atoms with E-state index in [1.54, 1.807) is 18.2 Å².